The molecule has 1 amide bonds. The molecule has 1 unspecified atom stereocenters. The predicted molar refractivity (Wildman–Crippen MR) is 88.6 cm³/mol. The lowest BCUT2D eigenvalue weighted by Crippen LogP contribution is -2.38. The summed E-state index contributed by atoms with van der Waals surface area (Å²) in [6.45, 7) is 2.89. The van der Waals surface area contributed by atoms with Gasteiger partial charge in [-0.1, -0.05) is 6.07 Å². The Morgan fingerprint density at radius 3 is 2.74 bits per heavy atom. The first-order chi connectivity index (χ1) is 10.4. The molecule has 0 aliphatic carbocycles. The molecule has 1 aromatic carbocycles. The number of nitrogens with one attached hydrogen (secondary N) is 2. The van der Waals surface area contributed by atoms with Crippen molar-refractivity contribution in [3.05, 3.63) is 29.3 Å². The molecule has 4 N–H and O–H groups in total. The number of carbonyl (C=O) groups is 1. The third-order valence-electron chi connectivity index (χ3n) is 3.35. The van der Waals surface area contributed by atoms with E-state index >= 15 is 0 Å². The third kappa shape index (κ3) is 5.74. The Hall–Kier alpha value is -1.19. The molecule has 23 heavy (non-hydrogen) atoms. The van der Waals surface area contributed by atoms with Gasteiger partial charge in [-0.2, -0.15) is 0 Å². The maximum absolute atomic E-state index is 12.2. The Bertz CT molecular complexity index is 649. The second-order valence-electron chi connectivity index (χ2n) is 5.36. The summed E-state index contributed by atoms with van der Waals surface area (Å²) in [6, 6.07) is 4.83. The molecule has 1 heterocycles. The van der Waals surface area contributed by atoms with Gasteiger partial charge in [-0.15, -0.1) is 12.4 Å². The number of carbonyl (C=O) groups excluding carboxylic acids is 1. The van der Waals surface area contributed by atoms with E-state index in [1.54, 1.807) is 12.1 Å². The quantitative estimate of drug-likeness (QED) is 0.644. The van der Waals surface area contributed by atoms with Gasteiger partial charge >= 0.3 is 0 Å². The van der Waals surface area contributed by atoms with E-state index in [1.807, 2.05) is 6.92 Å². The van der Waals surface area contributed by atoms with Gasteiger partial charge in [-0.3, -0.25) is 4.79 Å². The van der Waals surface area contributed by atoms with Crippen LogP contribution in [0.1, 0.15) is 24.5 Å². The molecule has 0 bridgehead atoms. The van der Waals surface area contributed by atoms with Crippen molar-refractivity contribution in [1.82, 2.24) is 10.0 Å². The van der Waals surface area contributed by atoms with Crippen LogP contribution in [-0.4, -0.2) is 33.5 Å². The van der Waals surface area contributed by atoms with Gasteiger partial charge < -0.3 is 15.8 Å². The number of rotatable bonds is 7. The van der Waals surface area contributed by atoms with Crippen LogP contribution in [0.15, 0.2) is 23.1 Å². The summed E-state index contributed by atoms with van der Waals surface area (Å²) in [5.74, 6) is -0.381. The smallest absolute Gasteiger partial charge is 0.241 e. The number of nitrogens with two attached hydrogens (primary N) is 1. The van der Waals surface area contributed by atoms with Gasteiger partial charge in [0.25, 0.3) is 0 Å². The van der Waals surface area contributed by atoms with Crippen LogP contribution in [-0.2, 0) is 32.8 Å². The Kier molecular flexibility index (Phi) is 7.43. The Morgan fingerprint density at radius 1 is 1.35 bits per heavy atom. The number of benzene rings is 1. The second-order valence-corrected chi connectivity index (χ2v) is 7.13. The van der Waals surface area contributed by atoms with Crippen molar-refractivity contribution in [2.75, 3.05) is 13.1 Å². The minimum atomic E-state index is -3.71. The van der Waals surface area contributed by atoms with Crippen molar-refractivity contribution in [2.24, 2.45) is 5.73 Å². The van der Waals surface area contributed by atoms with Crippen molar-refractivity contribution < 1.29 is 17.9 Å². The molecule has 1 atom stereocenters. The zero-order valence-corrected chi connectivity index (χ0v) is 14.5. The van der Waals surface area contributed by atoms with Crippen molar-refractivity contribution in [2.45, 2.75) is 37.5 Å². The van der Waals surface area contributed by atoms with Gasteiger partial charge in [0.05, 0.1) is 24.7 Å². The van der Waals surface area contributed by atoms with E-state index in [4.69, 9.17) is 10.5 Å². The average Bonchev–Trinajstić information content (AvgIpc) is 2.92. The average molecular weight is 364 g/mol. The molecule has 1 aliphatic heterocycles. The largest absolute Gasteiger partial charge is 0.372 e. The summed E-state index contributed by atoms with van der Waals surface area (Å²) in [6.07, 6.45) is 0.642. The number of halogens is 1. The predicted octanol–water partition coefficient (Wildman–Crippen LogP) is 0.270. The van der Waals surface area contributed by atoms with Gasteiger partial charge in [-0.25, -0.2) is 13.1 Å². The van der Waals surface area contributed by atoms with E-state index in [0.717, 1.165) is 11.1 Å². The first kappa shape index (κ1) is 19.9. The Labute approximate surface area is 142 Å². The molecule has 130 valence electrons. The Morgan fingerprint density at radius 2 is 2.04 bits per heavy atom. The number of amides is 1. The standard InChI is InChI=1S/C14H21N3O4S.ClH/c1-10(15)4-5-16-14(18)7-17-22(19,20)13-3-2-11-8-21-9-12(11)6-13;/h2-3,6,10,17H,4-5,7-9,15H2,1H3,(H,16,18);1H. The number of ether oxygens (including phenoxy) is 1. The highest BCUT2D eigenvalue weighted by Gasteiger charge is 2.19. The fraction of sp³-hybridized carbons (Fsp3) is 0.500. The molecule has 0 saturated heterocycles. The van der Waals surface area contributed by atoms with Gasteiger partial charge in [0.2, 0.25) is 15.9 Å². The molecule has 9 heteroatoms. The summed E-state index contributed by atoms with van der Waals surface area (Å²) in [5.41, 5.74) is 7.43. The van der Waals surface area contributed by atoms with Crippen LogP contribution < -0.4 is 15.8 Å². The monoisotopic (exact) mass is 363 g/mol. The molecule has 1 aliphatic rings. The molecular formula is C14H22ClN3O4S. The lowest BCUT2D eigenvalue weighted by atomic mass is 10.1. The van der Waals surface area contributed by atoms with Gasteiger partial charge in [0.1, 0.15) is 0 Å². The number of hydrogen-bond donors (Lipinski definition) is 3. The first-order valence-corrected chi connectivity index (χ1v) is 8.58. The van der Waals surface area contributed by atoms with E-state index < -0.39 is 10.0 Å². The van der Waals surface area contributed by atoms with Gasteiger partial charge in [0, 0.05) is 12.6 Å². The summed E-state index contributed by atoms with van der Waals surface area (Å²) < 4.78 is 31.9. The van der Waals surface area contributed by atoms with Crippen LogP contribution in [0.2, 0.25) is 0 Å². The highest BCUT2D eigenvalue weighted by Crippen LogP contribution is 2.22. The van der Waals surface area contributed by atoms with Gasteiger partial charge in [0.15, 0.2) is 0 Å². The molecule has 0 radical (unpaired) electrons. The molecule has 1 aromatic rings. The van der Waals surface area contributed by atoms with Crippen LogP contribution in [0.3, 0.4) is 0 Å². The Balaban J connectivity index is 0.00000264. The molecular weight excluding hydrogens is 342 g/mol. The normalized spacial score (nSPS) is 14.7. The first-order valence-electron chi connectivity index (χ1n) is 7.10. The lowest BCUT2D eigenvalue weighted by molar-refractivity contribution is -0.119. The van der Waals surface area contributed by atoms with Crippen molar-refractivity contribution in [1.29, 1.82) is 0 Å². The van der Waals surface area contributed by atoms with Crippen LogP contribution in [0, 0.1) is 0 Å². The molecule has 0 saturated carbocycles. The van der Waals surface area contributed by atoms with E-state index in [9.17, 15) is 13.2 Å². The zero-order chi connectivity index (χ0) is 16.2. The van der Waals surface area contributed by atoms with Gasteiger partial charge in [-0.05, 0) is 36.6 Å². The van der Waals surface area contributed by atoms with Crippen LogP contribution in [0.5, 0.6) is 0 Å². The van der Waals surface area contributed by atoms with Crippen molar-refractivity contribution in [3.63, 3.8) is 0 Å². The van der Waals surface area contributed by atoms with Crippen molar-refractivity contribution in [3.8, 4) is 0 Å². The maximum Gasteiger partial charge on any atom is 0.241 e. The number of hydrogen-bond acceptors (Lipinski definition) is 5. The zero-order valence-electron chi connectivity index (χ0n) is 12.9. The SMILES string of the molecule is CC(N)CCNC(=O)CNS(=O)(=O)c1ccc2c(c1)COC2.Cl. The molecule has 7 nitrogen and oxygen atoms in total. The van der Waals surface area contributed by atoms with E-state index in [1.165, 1.54) is 6.07 Å². The van der Waals surface area contributed by atoms with Crippen LogP contribution in [0.25, 0.3) is 0 Å². The third-order valence-corrected chi connectivity index (χ3v) is 4.75. The minimum absolute atomic E-state index is 0. The highest BCUT2D eigenvalue weighted by atomic mass is 35.5. The van der Waals surface area contributed by atoms with E-state index in [2.05, 4.69) is 10.0 Å². The maximum atomic E-state index is 12.2. The fourth-order valence-electron chi connectivity index (χ4n) is 2.06. The minimum Gasteiger partial charge on any atom is -0.372 e. The summed E-state index contributed by atoms with van der Waals surface area (Å²) in [7, 11) is -3.71. The molecule has 0 aromatic heterocycles. The summed E-state index contributed by atoms with van der Waals surface area (Å²) in [4.78, 5) is 11.7. The number of sulfonamides is 1. The second kappa shape index (κ2) is 8.60. The topological polar surface area (TPSA) is 111 Å². The molecule has 2 rings (SSSR count). The van der Waals surface area contributed by atoms with Crippen molar-refractivity contribution >= 4 is 28.3 Å². The highest BCUT2D eigenvalue weighted by molar-refractivity contribution is 7.89. The van der Waals surface area contributed by atoms with Crippen LogP contribution >= 0.6 is 12.4 Å². The fourth-order valence-corrected chi connectivity index (χ4v) is 3.09. The lowest BCUT2D eigenvalue weighted by Gasteiger charge is -2.09. The molecule has 0 spiro atoms. The van der Waals surface area contributed by atoms with E-state index in [-0.39, 0.29) is 35.8 Å². The number of fused-ring (bicyclic) bond motifs is 1. The summed E-state index contributed by atoms with van der Waals surface area (Å²) >= 11 is 0. The molecule has 0 fully saturated rings. The summed E-state index contributed by atoms with van der Waals surface area (Å²) in [5, 5.41) is 2.61. The van der Waals surface area contributed by atoms with E-state index in [0.29, 0.717) is 26.2 Å². The van der Waals surface area contributed by atoms with Crippen LogP contribution in [0.4, 0.5) is 0 Å².